The number of aryl methyl sites for hydroxylation is 2. The van der Waals surface area contributed by atoms with Gasteiger partial charge in [0.2, 0.25) is 0 Å². The summed E-state index contributed by atoms with van der Waals surface area (Å²) in [6, 6.07) is 15.6. The molecule has 0 bridgehead atoms. The number of rotatable bonds is 5. The van der Waals surface area contributed by atoms with Gasteiger partial charge in [0.15, 0.2) is 0 Å². The fourth-order valence-electron chi connectivity index (χ4n) is 3.13. The van der Waals surface area contributed by atoms with Crippen LogP contribution in [-0.2, 0) is 4.74 Å². The molecule has 0 N–H and O–H groups in total. The van der Waals surface area contributed by atoms with Crippen molar-refractivity contribution in [2.45, 2.75) is 27.7 Å². The topological polar surface area (TPSA) is 43.6 Å². The number of aliphatic imine (C=N–C) groups is 1. The van der Waals surface area contributed by atoms with Gasteiger partial charge in [-0.15, -0.1) is 0 Å². The third kappa shape index (κ3) is 4.25. The molecule has 0 radical (unpaired) electrons. The average molecular weight is 439 g/mol. The van der Waals surface area contributed by atoms with E-state index in [4.69, 9.17) is 4.74 Å². The molecule has 5 heteroatoms. The zero-order chi connectivity index (χ0) is 20.3. The van der Waals surface area contributed by atoms with Crippen LogP contribution in [0.4, 0.5) is 5.69 Å². The predicted octanol–water partition coefficient (Wildman–Crippen LogP) is 6.09. The Morgan fingerprint density at radius 3 is 2.46 bits per heavy atom. The van der Waals surface area contributed by atoms with Crippen LogP contribution < -0.4 is 0 Å². The normalized spacial score (nSPS) is 11.2. The van der Waals surface area contributed by atoms with Crippen molar-refractivity contribution >= 4 is 33.8 Å². The first-order valence-corrected chi connectivity index (χ1v) is 9.96. The summed E-state index contributed by atoms with van der Waals surface area (Å²) in [7, 11) is 0. The summed E-state index contributed by atoms with van der Waals surface area (Å²) in [6.07, 6.45) is 1.90. The number of esters is 1. The van der Waals surface area contributed by atoms with Crippen molar-refractivity contribution < 1.29 is 9.53 Å². The zero-order valence-corrected chi connectivity index (χ0v) is 18.1. The molecule has 0 saturated carbocycles. The van der Waals surface area contributed by atoms with Gasteiger partial charge >= 0.3 is 5.97 Å². The number of hydrogen-bond acceptors (Lipinski definition) is 3. The third-order valence-corrected chi connectivity index (χ3v) is 5.49. The van der Waals surface area contributed by atoms with Gasteiger partial charge in [-0.1, -0.05) is 15.9 Å². The van der Waals surface area contributed by atoms with E-state index in [1.165, 1.54) is 0 Å². The molecular formula is C23H23BrN2O2. The molecule has 4 nitrogen and oxygen atoms in total. The first kappa shape index (κ1) is 20.1. The number of hydrogen-bond donors (Lipinski definition) is 0. The smallest absolute Gasteiger partial charge is 0.338 e. The zero-order valence-electron chi connectivity index (χ0n) is 16.5. The maximum atomic E-state index is 11.8. The minimum absolute atomic E-state index is 0.299. The molecule has 28 heavy (non-hydrogen) atoms. The van der Waals surface area contributed by atoms with E-state index in [1.54, 1.807) is 19.1 Å². The minimum Gasteiger partial charge on any atom is -0.462 e. The van der Waals surface area contributed by atoms with Gasteiger partial charge in [0.25, 0.3) is 0 Å². The standard InChI is InChI=1S/C23H23BrN2O2/c1-5-28-23(27)18-6-9-21(10-7-18)26-16(3)13-19(17(26)4)14-25-20-8-11-22(24)15(2)12-20/h6-14H,5H2,1-4H3. The molecule has 0 amide bonds. The second-order valence-corrected chi connectivity index (χ2v) is 7.48. The van der Waals surface area contributed by atoms with Crippen LogP contribution in [-0.4, -0.2) is 23.4 Å². The number of benzene rings is 2. The molecular weight excluding hydrogens is 416 g/mol. The van der Waals surface area contributed by atoms with Gasteiger partial charge in [-0.3, -0.25) is 4.99 Å². The Labute approximate surface area is 174 Å². The number of halogens is 1. The van der Waals surface area contributed by atoms with Crippen LogP contribution in [0.5, 0.6) is 0 Å². The maximum Gasteiger partial charge on any atom is 0.338 e. The van der Waals surface area contributed by atoms with Gasteiger partial charge in [0.1, 0.15) is 0 Å². The molecule has 1 heterocycles. The highest BCUT2D eigenvalue weighted by atomic mass is 79.9. The van der Waals surface area contributed by atoms with Crippen LogP contribution in [0.3, 0.4) is 0 Å². The van der Waals surface area contributed by atoms with Crippen LogP contribution in [0.15, 0.2) is 58.0 Å². The number of carbonyl (C=O) groups excluding carboxylic acids is 1. The van der Waals surface area contributed by atoms with Gasteiger partial charge < -0.3 is 9.30 Å². The Bertz CT molecular complexity index is 1030. The first-order valence-electron chi connectivity index (χ1n) is 9.17. The van der Waals surface area contributed by atoms with E-state index < -0.39 is 0 Å². The molecule has 0 aliphatic rings. The highest BCUT2D eigenvalue weighted by molar-refractivity contribution is 9.10. The number of aromatic nitrogens is 1. The van der Waals surface area contributed by atoms with E-state index in [1.807, 2.05) is 36.5 Å². The highest BCUT2D eigenvalue weighted by Gasteiger charge is 2.11. The summed E-state index contributed by atoms with van der Waals surface area (Å²) in [6.45, 7) is 8.36. The molecule has 0 spiro atoms. The van der Waals surface area contributed by atoms with E-state index in [0.29, 0.717) is 12.2 Å². The molecule has 2 aromatic carbocycles. The fourth-order valence-corrected chi connectivity index (χ4v) is 3.38. The minimum atomic E-state index is -0.299. The van der Waals surface area contributed by atoms with E-state index in [-0.39, 0.29) is 5.97 Å². The van der Waals surface area contributed by atoms with Gasteiger partial charge in [-0.2, -0.15) is 0 Å². The maximum absolute atomic E-state index is 11.8. The molecule has 0 unspecified atom stereocenters. The van der Waals surface area contributed by atoms with Gasteiger partial charge in [0.05, 0.1) is 17.9 Å². The molecule has 144 valence electrons. The summed E-state index contributed by atoms with van der Waals surface area (Å²) in [5.41, 5.74) is 6.90. The van der Waals surface area contributed by atoms with Gasteiger partial charge in [0, 0.05) is 33.3 Å². The lowest BCUT2D eigenvalue weighted by molar-refractivity contribution is 0.0526. The molecule has 0 saturated heterocycles. The summed E-state index contributed by atoms with van der Waals surface area (Å²) in [5.74, 6) is -0.299. The first-order chi connectivity index (χ1) is 13.4. The second-order valence-electron chi connectivity index (χ2n) is 6.62. The molecule has 0 aliphatic carbocycles. The Morgan fingerprint density at radius 2 is 1.82 bits per heavy atom. The lowest BCUT2D eigenvalue weighted by atomic mass is 10.2. The van der Waals surface area contributed by atoms with E-state index in [2.05, 4.69) is 52.3 Å². The van der Waals surface area contributed by atoms with Crippen LogP contribution in [0.25, 0.3) is 5.69 Å². The summed E-state index contributed by atoms with van der Waals surface area (Å²) < 4.78 is 8.28. The molecule has 1 aromatic heterocycles. The highest BCUT2D eigenvalue weighted by Crippen LogP contribution is 2.24. The summed E-state index contributed by atoms with van der Waals surface area (Å²) >= 11 is 3.51. The summed E-state index contributed by atoms with van der Waals surface area (Å²) in [4.78, 5) is 16.5. The second kappa shape index (κ2) is 8.57. The molecule has 0 aliphatic heterocycles. The van der Waals surface area contributed by atoms with Crippen molar-refractivity contribution in [3.8, 4) is 5.69 Å². The number of carbonyl (C=O) groups is 1. The van der Waals surface area contributed by atoms with E-state index in [0.717, 1.165) is 38.4 Å². The van der Waals surface area contributed by atoms with Crippen LogP contribution >= 0.6 is 15.9 Å². The van der Waals surface area contributed by atoms with Crippen LogP contribution in [0.2, 0.25) is 0 Å². The quantitative estimate of drug-likeness (QED) is 0.357. The van der Waals surface area contributed by atoms with E-state index >= 15 is 0 Å². The van der Waals surface area contributed by atoms with E-state index in [9.17, 15) is 4.79 Å². The van der Waals surface area contributed by atoms with Crippen molar-refractivity contribution in [2.24, 2.45) is 4.99 Å². The molecule has 0 fully saturated rings. The van der Waals surface area contributed by atoms with Crippen LogP contribution in [0.1, 0.15) is 39.8 Å². The monoisotopic (exact) mass is 438 g/mol. The SMILES string of the molecule is CCOC(=O)c1ccc(-n2c(C)cc(C=Nc3ccc(Br)c(C)c3)c2C)cc1. The predicted molar refractivity (Wildman–Crippen MR) is 117 cm³/mol. The van der Waals surface area contributed by atoms with Crippen molar-refractivity contribution in [1.29, 1.82) is 0 Å². The average Bonchev–Trinajstić information content (AvgIpc) is 2.96. The van der Waals surface area contributed by atoms with Gasteiger partial charge in [-0.05, 0) is 81.8 Å². The fraction of sp³-hybridized carbons (Fsp3) is 0.217. The Kier molecular flexibility index (Phi) is 6.15. The Morgan fingerprint density at radius 1 is 1.11 bits per heavy atom. The van der Waals surface area contributed by atoms with Crippen LogP contribution in [0, 0.1) is 20.8 Å². The lowest BCUT2D eigenvalue weighted by Gasteiger charge is -2.10. The number of ether oxygens (including phenoxy) is 1. The Hall–Kier alpha value is -2.66. The van der Waals surface area contributed by atoms with Crippen molar-refractivity contribution in [2.75, 3.05) is 6.61 Å². The summed E-state index contributed by atoms with van der Waals surface area (Å²) in [5, 5.41) is 0. The Balaban J connectivity index is 1.88. The molecule has 3 rings (SSSR count). The van der Waals surface area contributed by atoms with Crippen molar-refractivity contribution in [1.82, 2.24) is 4.57 Å². The lowest BCUT2D eigenvalue weighted by Crippen LogP contribution is -2.05. The molecule has 3 aromatic rings. The van der Waals surface area contributed by atoms with Crippen molar-refractivity contribution in [3.05, 3.63) is 81.1 Å². The van der Waals surface area contributed by atoms with Gasteiger partial charge in [-0.25, -0.2) is 4.79 Å². The van der Waals surface area contributed by atoms with Crippen molar-refractivity contribution in [3.63, 3.8) is 0 Å². The number of nitrogens with zero attached hydrogens (tertiary/aromatic N) is 2. The molecule has 0 atom stereocenters. The largest absolute Gasteiger partial charge is 0.462 e. The third-order valence-electron chi connectivity index (χ3n) is 4.60.